The number of aromatic nitrogens is 1. The fourth-order valence-corrected chi connectivity index (χ4v) is 2.46. The average Bonchev–Trinajstić information content (AvgIpc) is 2.39. The summed E-state index contributed by atoms with van der Waals surface area (Å²) >= 11 is 2.14. The van der Waals surface area contributed by atoms with E-state index in [-0.39, 0.29) is 17.6 Å². The van der Waals surface area contributed by atoms with E-state index in [1.807, 2.05) is 26.2 Å². The Hall–Kier alpha value is -1.57. The Labute approximate surface area is 130 Å². The van der Waals surface area contributed by atoms with Gasteiger partial charge in [0.2, 0.25) is 5.43 Å². The second-order valence-electron chi connectivity index (χ2n) is 4.45. The quantitative estimate of drug-likeness (QED) is 0.598. The van der Waals surface area contributed by atoms with Gasteiger partial charge in [-0.15, -0.1) is 0 Å². The largest absolute Gasteiger partial charge is 0.462 e. The van der Waals surface area contributed by atoms with Crippen LogP contribution in [0.4, 0.5) is 0 Å². The van der Waals surface area contributed by atoms with Crippen LogP contribution >= 0.6 is 22.6 Å². The molecule has 0 aliphatic rings. The smallest absolute Gasteiger partial charge is 0.343 e. The Morgan fingerprint density at radius 3 is 2.70 bits per heavy atom. The van der Waals surface area contributed by atoms with Gasteiger partial charge in [0, 0.05) is 29.2 Å². The highest BCUT2D eigenvalue weighted by atomic mass is 127. The lowest BCUT2D eigenvalue weighted by Crippen LogP contribution is -2.30. The molecule has 0 spiro atoms. The minimum absolute atomic E-state index is 0.0510. The third kappa shape index (κ3) is 2.65. The van der Waals surface area contributed by atoms with Gasteiger partial charge in [0.15, 0.2) is 0 Å². The molecule has 0 bridgehead atoms. The molecule has 0 saturated heterocycles. The number of pyridine rings is 1. The van der Waals surface area contributed by atoms with E-state index >= 15 is 0 Å². The summed E-state index contributed by atoms with van der Waals surface area (Å²) < 4.78 is 7.66. The van der Waals surface area contributed by atoms with Crippen molar-refractivity contribution in [1.82, 2.24) is 4.68 Å². The lowest BCUT2D eigenvalue weighted by atomic mass is 10.1. The van der Waals surface area contributed by atoms with Crippen LogP contribution in [0.15, 0.2) is 29.2 Å². The molecule has 6 heteroatoms. The van der Waals surface area contributed by atoms with Gasteiger partial charge < -0.3 is 9.75 Å². The third-order valence-electron chi connectivity index (χ3n) is 2.87. The van der Waals surface area contributed by atoms with Crippen LogP contribution in [0.3, 0.4) is 0 Å². The normalized spacial score (nSPS) is 10.6. The van der Waals surface area contributed by atoms with Crippen molar-refractivity contribution >= 4 is 39.5 Å². The molecular weight excluding hydrogens is 371 g/mol. The highest BCUT2D eigenvalue weighted by Crippen LogP contribution is 2.16. The van der Waals surface area contributed by atoms with Gasteiger partial charge in [0.25, 0.3) is 0 Å². The lowest BCUT2D eigenvalue weighted by molar-refractivity contribution is 0.0524. The average molecular weight is 386 g/mol. The fourth-order valence-electron chi connectivity index (χ4n) is 1.97. The van der Waals surface area contributed by atoms with Crippen LogP contribution in [0, 0.1) is 3.57 Å². The Kier molecular flexibility index (Phi) is 4.32. The van der Waals surface area contributed by atoms with Crippen molar-refractivity contribution in [3.8, 4) is 0 Å². The van der Waals surface area contributed by atoms with E-state index in [9.17, 15) is 9.59 Å². The highest BCUT2D eigenvalue weighted by Gasteiger charge is 2.17. The van der Waals surface area contributed by atoms with E-state index < -0.39 is 5.97 Å². The van der Waals surface area contributed by atoms with Gasteiger partial charge in [-0.1, -0.05) is 0 Å². The molecule has 1 heterocycles. The number of carbonyl (C=O) groups is 1. The minimum Gasteiger partial charge on any atom is -0.462 e. The van der Waals surface area contributed by atoms with Crippen molar-refractivity contribution in [2.75, 3.05) is 25.7 Å². The molecule has 5 nitrogen and oxygen atoms in total. The molecule has 0 fully saturated rings. The van der Waals surface area contributed by atoms with Crippen LogP contribution in [0.1, 0.15) is 17.3 Å². The van der Waals surface area contributed by atoms with Crippen LogP contribution in [-0.2, 0) is 4.74 Å². The van der Waals surface area contributed by atoms with Crippen LogP contribution in [0.25, 0.3) is 10.9 Å². The number of esters is 1. The summed E-state index contributed by atoms with van der Waals surface area (Å²) in [5, 5.41) is 2.31. The van der Waals surface area contributed by atoms with Crippen molar-refractivity contribution in [3.05, 3.63) is 43.8 Å². The zero-order valence-electron chi connectivity index (χ0n) is 11.5. The maximum Gasteiger partial charge on any atom is 0.343 e. The summed E-state index contributed by atoms with van der Waals surface area (Å²) in [4.78, 5) is 24.3. The summed E-state index contributed by atoms with van der Waals surface area (Å²) in [6.07, 6.45) is 1.52. The number of hydrogen-bond acceptors (Lipinski definition) is 4. The summed E-state index contributed by atoms with van der Waals surface area (Å²) in [5.74, 6) is -0.589. The molecule has 2 aromatic rings. The number of nitrogens with zero attached hydrogens (tertiary/aromatic N) is 2. The Morgan fingerprint density at radius 1 is 1.40 bits per heavy atom. The number of rotatable bonds is 3. The predicted molar refractivity (Wildman–Crippen MR) is 86.9 cm³/mol. The Bertz CT molecular complexity index is 722. The van der Waals surface area contributed by atoms with Gasteiger partial charge in [0.1, 0.15) is 5.56 Å². The number of ether oxygens (including phenoxy) is 1. The topological polar surface area (TPSA) is 51.5 Å². The SMILES string of the molecule is CCOC(=O)c1cn(N(C)C)c2ccc(I)cc2c1=O. The molecule has 2 rings (SSSR count). The molecule has 106 valence electrons. The zero-order chi connectivity index (χ0) is 14.9. The summed E-state index contributed by atoms with van der Waals surface area (Å²) in [7, 11) is 3.69. The van der Waals surface area contributed by atoms with Gasteiger partial charge in [-0.3, -0.25) is 9.47 Å². The lowest BCUT2D eigenvalue weighted by Gasteiger charge is -2.20. The van der Waals surface area contributed by atoms with E-state index in [0.717, 1.165) is 9.09 Å². The van der Waals surface area contributed by atoms with E-state index in [0.29, 0.717) is 5.39 Å². The molecule has 0 atom stereocenters. The van der Waals surface area contributed by atoms with Gasteiger partial charge >= 0.3 is 5.97 Å². The molecule has 0 radical (unpaired) electrons. The van der Waals surface area contributed by atoms with Crippen LogP contribution in [0.5, 0.6) is 0 Å². The van der Waals surface area contributed by atoms with E-state index in [4.69, 9.17) is 4.74 Å². The van der Waals surface area contributed by atoms with Gasteiger partial charge in [-0.2, -0.15) is 0 Å². The summed E-state index contributed by atoms with van der Waals surface area (Å²) in [5.41, 5.74) is 0.513. The first-order valence-corrected chi connectivity index (χ1v) is 7.23. The van der Waals surface area contributed by atoms with Crippen LogP contribution in [0.2, 0.25) is 0 Å². The maximum atomic E-state index is 12.4. The molecule has 0 aliphatic carbocycles. The first-order valence-electron chi connectivity index (χ1n) is 6.15. The number of benzene rings is 1. The monoisotopic (exact) mass is 386 g/mol. The van der Waals surface area contributed by atoms with Crippen molar-refractivity contribution in [1.29, 1.82) is 0 Å². The number of hydrogen-bond donors (Lipinski definition) is 0. The second kappa shape index (κ2) is 5.82. The van der Waals surface area contributed by atoms with Crippen molar-refractivity contribution in [3.63, 3.8) is 0 Å². The first kappa shape index (κ1) is 14.8. The minimum atomic E-state index is -0.589. The van der Waals surface area contributed by atoms with E-state index in [2.05, 4.69) is 22.6 Å². The molecule has 0 saturated carbocycles. The molecule has 0 N–H and O–H groups in total. The summed E-state index contributed by atoms with van der Waals surface area (Å²) in [6, 6.07) is 5.57. The molecular formula is C14H15IN2O3. The van der Waals surface area contributed by atoms with Crippen molar-refractivity contribution < 1.29 is 9.53 Å². The van der Waals surface area contributed by atoms with Crippen molar-refractivity contribution in [2.24, 2.45) is 0 Å². The fraction of sp³-hybridized carbons (Fsp3) is 0.286. The van der Waals surface area contributed by atoms with Crippen molar-refractivity contribution in [2.45, 2.75) is 6.92 Å². The Morgan fingerprint density at radius 2 is 2.10 bits per heavy atom. The standard InChI is InChI=1S/C14H15IN2O3/c1-4-20-14(19)11-8-17(16(2)3)12-6-5-9(15)7-10(12)13(11)18/h5-8H,4H2,1-3H3. The van der Waals surface area contributed by atoms with Gasteiger partial charge in [-0.25, -0.2) is 4.79 Å². The molecule has 1 aromatic carbocycles. The second-order valence-corrected chi connectivity index (χ2v) is 5.69. The number of halogens is 1. The molecule has 1 aromatic heterocycles. The number of carbonyl (C=O) groups excluding carboxylic acids is 1. The predicted octanol–water partition coefficient (Wildman–Crippen LogP) is 1.98. The van der Waals surface area contributed by atoms with E-state index in [1.54, 1.807) is 22.7 Å². The zero-order valence-corrected chi connectivity index (χ0v) is 13.7. The third-order valence-corrected chi connectivity index (χ3v) is 3.54. The first-order chi connectivity index (χ1) is 9.45. The molecule has 0 unspecified atom stereocenters. The maximum absolute atomic E-state index is 12.4. The van der Waals surface area contributed by atoms with Crippen LogP contribution < -0.4 is 10.4 Å². The molecule has 0 aliphatic heterocycles. The Balaban J connectivity index is 2.81. The number of fused-ring (bicyclic) bond motifs is 1. The molecule has 20 heavy (non-hydrogen) atoms. The summed E-state index contributed by atoms with van der Waals surface area (Å²) in [6.45, 7) is 1.96. The van der Waals surface area contributed by atoms with Crippen LogP contribution in [-0.4, -0.2) is 31.3 Å². The van der Waals surface area contributed by atoms with Gasteiger partial charge in [-0.05, 0) is 47.7 Å². The van der Waals surface area contributed by atoms with E-state index in [1.165, 1.54) is 6.20 Å². The highest BCUT2D eigenvalue weighted by molar-refractivity contribution is 14.1. The molecule has 0 amide bonds. The van der Waals surface area contributed by atoms with Gasteiger partial charge in [0.05, 0.1) is 12.1 Å².